The van der Waals surface area contributed by atoms with Crippen LogP contribution in [-0.4, -0.2) is 17.9 Å². The molecule has 0 heterocycles. The van der Waals surface area contributed by atoms with Crippen molar-refractivity contribution in [3.05, 3.63) is 59.7 Å². The Bertz CT molecular complexity index is 688. The van der Waals surface area contributed by atoms with Crippen molar-refractivity contribution in [3.8, 4) is 11.1 Å². The van der Waals surface area contributed by atoms with Crippen LogP contribution in [0.4, 0.5) is 0 Å². The summed E-state index contributed by atoms with van der Waals surface area (Å²) >= 11 is 0. The van der Waals surface area contributed by atoms with Crippen molar-refractivity contribution >= 4 is 11.8 Å². The lowest BCUT2D eigenvalue weighted by Crippen LogP contribution is -2.25. The summed E-state index contributed by atoms with van der Waals surface area (Å²) in [4.78, 5) is 23.4. The first-order chi connectivity index (χ1) is 10.1. The average molecular weight is 280 g/mol. The highest BCUT2D eigenvalue weighted by atomic mass is 16.2. The molecule has 0 atom stereocenters. The van der Waals surface area contributed by atoms with E-state index in [4.69, 9.17) is 5.73 Å². The number of rotatable bonds is 4. The first kappa shape index (κ1) is 13.4. The van der Waals surface area contributed by atoms with Gasteiger partial charge in [0.1, 0.15) is 0 Å². The van der Waals surface area contributed by atoms with Gasteiger partial charge in [-0.05, 0) is 42.2 Å². The van der Waals surface area contributed by atoms with Crippen molar-refractivity contribution in [2.24, 2.45) is 5.73 Å². The van der Waals surface area contributed by atoms with Crippen LogP contribution in [-0.2, 0) is 0 Å². The van der Waals surface area contributed by atoms with Gasteiger partial charge < -0.3 is 11.1 Å². The van der Waals surface area contributed by atoms with Gasteiger partial charge in [0.15, 0.2) is 0 Å². The Morgan fingerprint density at radius 2 is 1.67 bits per heavy atom. The van der Waals surface area contributed by atoms with E-state index in [0.29, 0.717) is 17.2 Å². The van der Waals surface area contributed by atoms with Gasteiger partial charge in [-0.15, -0.1) is 0 Å². The predicted molar refractivity (Wildman–Crippen MR) is 80.9 cm³/mol. The molecular formula is C17H16N2O2. The standard InChI is InChI=1S/C17H16N2O2/c18-16(20)15-4-2-1-3-14(15)11-5-7-12(8-6-11)17(21)19-13-9-10-13/h1-8,13H,9-10H2,(H2,18,20)(H,19,21). The Labute approximate surface area is 123 Å². The summed E-state index contributed by atoms with van der Waals surface area (Å²) in [7, 11) is 0. The number of hydrogen-bond donors (Lipinski definition) is 2. The summed E-state index contributed by atoms with van der Waals surface area (Å²) in [6.45, 7) is 0. The van der Waals surface area contributed by atoms with Gasteiger partial charge in [-0.25, -0.2) is 0 Å². The molecule has 0 saturated heterocycles. The van der Waals surface area contributed by atoms with Crippen molar-refractivity contribution in [1.82, 2.24) is 5.32 Å². The molecule has 106 valence electrons. The van der Waals surface area contributed by atoms with Gasteiger partial charge in [0, 0.05) is 17.2 Å². The van der Waals surface area contributed by atoms with Crippen molar-refractivity contribution in [2.45, 2.75) is 18.9 Å². The molecule has 3 N–H and O–H groups in total. The SMILES string of the molecule is NC(=O)c1ccccc1-c1ccc(C(=O)NC2CC2)cc1. The van der Waals surface area contributed by atoms with Crippen molar-refractivity contribution < 1.29 is 9.59 Å². The van der Waals surface area contributed by atoms with E-state index in [9.17, 15) is 9.59 Å². The molecule has 1 aliphatic rings. The predicted octanol–water partition coefficient (Wildman–Crippen LogP) is 2.34. The van der Waals surface area contributed by atoms with Gasteiger partial charge >= 0.3 is 0 Å². The second kappa shape index (κ2) is 5.40. The molecule has 4 nitrogen and oxygen atoms in total. The fourth-order valence-electron chi connectivity index (χ4n) is 2.25. The number of hydrogen-bond acceptors (Lipinski definition) is 2. The van der Waals surface area contributed by atoms with E-state index in [-0.39, 0.29) is 5.91 Å². The van der Waals surface area contributed by atoms with Crippen LogP contribution in [0, 0.1) is 0 Å². The fourth-order valence-corrected chi connectivity index (χ4v) is 2.25. The Kier molecular flexibility index (Phi) is 3.44. The lowest BCUT2D eigenvalue weighted by Gasteiger charge is -2.08. The summed E-state index contributed by atoms with van der Waals surface area (Å²) in [6.07, 6.45) is 2.13. The Balaban J connectivity index is 1.87. The lowest BCUT2D eigenvalue weighted by molar-refractivity contribution is 0.0949. The molecule has 0 aliphatic heterocycles. The van der Waals surface area contributed by atoms with E-state index >= 15 is 0 Å². The van der Waals surface area contributed by atoms with E-state index in [1.165, 1.54) is 0 Å². The summed E-state index contributed by atoms with van der Waals surface area (Å²) in [5.74, 6) is -0.506. The molecule has 1 saturated carbocycles. The normalized spacial score (nSPS) is 13.7. The third-order valence-electron chi connectivity index (χ3n) is 3.56. The number of carbonyl (C=O) groups is 2. The van der Waals surface area contributed by atoms with Crippen molar-refractivity contribution in [2.75, 3.05) is 0 Å². The van der Waals surface area contributed by atoms with Crippen LogP contribution in [0.25, 0.3) is 11.1 Å². The zero-order valence-corrected chi connectivity index (χ0v) is 11.5. The van der Waals surface area contributed by atoms with Gasteiger partial charge in [0.25, 0.3) is 5.91 Å². The Morgan fingerprint density at radius 1 is 1.00 bits per heavy atom. The summed E-state index contributed by atoms with van der Waals surface area (Å²) in [5, 5.41) is 2.95. The zero-order chi connectivity index (χ0) is 14.8. The van der Waals surface area contributed by atoms with E-state index in [1.807, 2.05) is 24.3 Å². The van der Waals surface area contributed by atoms with Crippen LogP contribution in [0.2, 0.25) is 0 Å². The summed E-state index contributed by atoms with van der Waals surface area (Å²) < 4.78 is 0. The largest absolute Gasteiger partial charge is 0.366 e. The van der Waals surface area contributed by atoms with Crippen LogP contribution in [0.1, 0.15) is 33.6 Å². The monoisotopic (exact) mass is 280 g/mol. The second-order valence-corrected chi connectivity index (χ2v) is 5.23. The van der Waals surface area contributed by atoms with E-state index in [2.05, 4.69) is 5.32 Å². The smallest absolute Gasteiger partial charge is 0.251 e. The van der Waals surface area contributed by atoms with Gasteiger partial charge in [0.2, 0.25) is 5.91 Å². The third kappa shape index (κ3) is 2.94. The number of amides is 2. The second-order valence-electron chi connectivity index (χ2n) is 5.23. The maximum atomic E-state index is 11.9. The molecule has 3 rings (SSSR count). The van der Waals surface area contributed by atoms with Crippen molar-refractivity contribution in [3.63, 3.8) is 0 Å². The Morgan fingerprint density at radius 3 is 2.29 bits per heavy atom. The molecule has 4 heteroatoms. The van der Waals surface area contributed by atoms with Crippen LogP contribution in [0.15, 0.2) is 48.5 Å². The van der Waals surface area contributed by atoms with Crippen LogP contribution >= 0.6 is 0 Å². The molecule has 21 heavy (non-hydrogen) atoms. The minimum absolute atomic E-state index is 0.0489. The van der Waals surface area contributed by atoms with Crippen molar-refractivity contribution in [1.29, 1.82) is 0 Å². The molecule has 0 aromatic heterocycles. The van der Waals surface area contributed by atoms with E-state index < -0.39 is 5.91 Å². The van der Waals surface area contributed by atoms with Crippen LogP contribution < -0.4 is 11.1 Å². The van der Waals surface area contributed by atoms with Gasteiger partial charge in [-0.2, -0.15) is 0 Å². The molecule has 0 unspecified atom stereocenters. The zero-order valence-electron chi connectivity index (χ0n) is 11.5. The first-order valence-electron chi connectivity index (χ1n) is 6.95. The maximum absolute atomic E-state index is 11.9. The molecule has 2 aromatic rings. The Hall–Kier alpha value is -2.62. The highest BCUT2D eigenvalue weighted by molar-refractivity contribution is 6.00. The quantitative estimate of drug-likeness (QED) is 0.902. The summed E-state index contributed by atoms with van der Waals surface area (Å²) in [5.41, 5.74) is 8.14. The van der Waals surface area contributed by atoms with E-state index in [0.717, 1.165) is 24.0 Å². The van der Waals surface area contributed by atoms with E-state index in [1.54, 1.807) is 24.3 Å². The molecule has 0 bridgehead atoms. The molecule has 1 fully saturated rings. The first-order valence-corrected chi connectivity index (χ1v) is 6.95. The minimum Gasteiger partial charge on any atom is -0.366 e. The molecule has 0 spiro atoms. The fraction of sp³-hybridized carbons (Fsp3) is 0.176. The van der Waals surface area contributed by atoms with Gasteiger partial charge in [-0.1, -0.05) is 30.3 Å². The average Bonchev–Trinajstić information content (AvgIpc) is 3.31. The molecule has 0 radical (unpaired) electrons. The number of nitrogens with two attached hydrogens (primary N) is 1. The molecule has 2 amide bonds. The highest BCUT2D eigenvalue weighted by Gasteiger charge is 2.23. The third-order valence-corrected chi connectivity index (χ3v) is 3.56. The van der Waals surface area contributed by atoms with Crippen LogP contribution in [0.5, 0.6) is 0 Å². The maximum Gasteiger partial charge on any atom is 0.251 e. The van der Waals surface area contributed by atoms with Gasteiger partial charge in [-0.3, -0.25) is 9.59 Å². The summed E-state index contributed by atoms with van der Waals surface area (Å²) in [6, 6.07) is 14.7. The molecule has 1 aliphatic carbocycles. The number of carbonyl (C=O) groups excluding carboxylic acids is 2. The topological polar surface area (TPSA) is 72.2 Å². The van der Waals surface area contributed by atoms with Crippen LogP contribution in [0.3, 0.4) is 0 Å². The number of benzene rings is 2. The lowest BCUT2D eigenvalue weighted by atomic mass is 9.98. The molecule has 2 aromatic carbocycles. The molecular weight excluding hydrogens is 264 g/mol. The number of primary amides is 1. The highest BCUT2D eigenvalue weighted by Crippen LogP contribution is 2.24. The number of nitrogens with one attached hydrogen (secondary N) is 1. The van der Waals surface area contributed by atoms with Gasteiger partial charge in [0.05, 0.1) is 0 Å². The minimum atomic E-state index is -0.457.